The molecule has 0 heterocycles. The summed E-state index contributed by atoms with van der Waals surface area (Å²) in [6.07, 6.45) is 0. The molecule has 6 heteroatoms. The molecule has 0 fully saturated rings. The highest BCUT2D eigenvalue weighted by Crippen LogP contribution is 2.11. The summed E-state index contributed by atoms with van der Waals surface area (Å²) >= 11 is 3.18. The van der Waals surface area contributed by atoms with Crippen LogP contribution in [0.25, 0.3) is 0 Å². The summed E-state index contributed by atoms with van der Waals surface area (Å²) < 4.78 is 26.6. The third-order valence-electron chi connectivity index (χ3n) is 1.98. The summed E-state index contributed by atoms with van der Waals surface area (Å²) in [6, 6.07) is 20.5. The van der Waals surface area contributed by atoms with E-state index in [2.05, 4.69) is 49.8 Å². The molecule has 2 rings (SSSR count). The first-order chi connectivity index (χ1) is 9.35. The topological polar surface area (TPSA) is 54.4 Å². The Morgan fingerprint density at radius 3 is 1.20 bits per heavy atom. The quantitative estimate of drug-likeness (QED) is 0.463. The van der Waals surface area contributed by atoms with E-state index in [0.29, 0.717) is 0 Å². The molecule has 0 aliphatic rings. The van der Waals surface area contributed by atoms with Crippen molar-refractivity contribution in [3.05, 3.63) is 71.8 Å². The number of benzene rings is 2. The molecule has 2 aromatic carbocycles. The van der Waals surface area contributed by atoms with Crippen LogP contribution >= 0.6 is 21.5 Å². The largest absolute Gasteiger partial charge is 0.329 e. The van der Waals surface area contributed by atoms with Gasteiger partial charge in [-0.15, -0.1) is 0 Å². The Bertz CT molecular complexity index is 517. The van der Waals surface area contributed by atoms with Gasteiger partial charge in [-0.2, -0.15) is 8.42 Å². The monoisotopic (exact) mass is 330 g/mol. The Morgan fingerprint density at radius 1 is 0.850 bits per heavy atom. The van der Waals surface area contributed by atoms with Crippen molar-refractivity contribution in [2.24, 2.45) is 0 Å². The minimum Gasteiger partial charge on any atom is -0.277 e. The van der Waals surface area contributed by atoms with Gasteiger partial charge in [0.1, 0.15) is 0 Å². The van der Waals surface area contributed by atoms with Gasteiger partial charge in [0, 0.05) is 0 Å². The van der Waals surface area contributed by atoms with E-state index >= 15 is 0 Å². The van der Waals surface area contributed by atoms with E-state index in [1.165, 1.54) is 11.1 Å². The Kier molecular flexibility index (Phi) is 10.3. The van der Waals surface area contributed by atoms with Crippen LogP contribution in [0.1, 0.15) is 11.1 Å². The van der Waals surface area contributed by atoms with Gasteiger partial charge >= 0.3 is 9.15 Å². The van der Waals surface area contributed by atoms with E-state index in [1.54, 1.807) is 0 Å². The maximum Gasteiger partial charge on any atom is 0.329 e. The number of hydrogen-bond acceptors (Lipinski definition) is 4. The van der Waals surface area contributed by atoms with Gasteiger partial charge in [0.25, 0.3) is 0 Å². The third kappa shape index (κ3) is 13.5. The summed E-state index contributed by atoms with van der Waals surface area (Å²) in [4.78, 5) is 0. The number of thiol groups is 1. The van der Waals surface area contributed by atoms with Crippen molar-refractivity contribution >= 4 is 30.6 Å². The van der Waals surface area contributed by atoms with Crippen LogP contribution in [-0.4, -0.2) is 13.0 Å². The molecule has 0 bridgehead atoms. The first kappa shape index (κ1) is 19.1. The third-order valence-corrected chi connectivity index (χ3v) is 4.42. The molecular formula is C14H18O3S3. The lowest BCUT2D eigenvalue weighted by molar-refractivity contribution is 0.503. The molecule has 0 radical (unpaired) electrons. The molecule has 0 amide bonds. The summed E-state index contributed by atoms with van der Waals surface area (Å²) in [5.74, 6) is 0. The van der Waals surface area contributed by atoms with Crippen molar-refractivity contribution < 1.29 is 13.0 Å². The summed E-state index contributed by atoms with van der Waals surface area (Å²) in [6.45, 7) is 4.17. The zero-order valence-corrected chi connectivity index (χ0v) is 13.8. The highest BCUT2D eigenvalue weighted by Gasteiger charge is 1.96. The molecule has 0 aliphatic carbocycles. The van der Waals surface area contributed by atoms with Crippen LogP contribution in [0.4, 0.5) is 0 Å². The Morgan fingerprint density at radius 2 is 1.10 bits per heavy atom. The maximum absolute atomic E-state index is 9.44. The molecule has 0 aliphatic heterocycles. The molecule has 3 nitrogen and oxygen atoms in total. The Balaban J connectivity index is 0.000000272. The predicted octanol–water partition coefficient (Wildman–Crippen LogP) is 4.36. The van der Waals surface area contributed by atoms with Crippen LogP contribution in [0, 0.1) is 13.8 Å². The molecule has 0 unspecified atom stereocenters. The lowest BCUT2D eigenvalue weighted by atomic mass is 10.2. The normalized spacial score (nSPS) is 9.60. The van der Waals surface area contributed by atoms with Crippen LogP contribution < -0.4 is 0 Å². The smallest absolute Gasteiger partial charge is 0.277 e. The average molecular weight is 330 g/mol. The Labute approximate surface area is 129 Å². The molecule has 0 atom stereocenters. The summed E-state index contributed by atoms with van der Waals surface area (Å²) in [5.41, 5.74) is 2.64. The van der Waals surface area contributed by atoms with E-state index in [4.69, 9.17) is 4.55 Å². The second kappa shape index (κ2) is 10.8. The SMILES string of the molecule is Cc1ccccc1.Cc1ccccc1.O=S(=O)(O)SS. The first-order valence-corrected chi connectivity index (χ1v) is 9.51. The molecular weight excluding hydrogens is 312 g/mol. The van der Waals surface area contributed by atoms with E-state index in [-0.39, 0.29) is 9.83 Å². The number of rotatable bonds is 1. The zero-order valence-electron chi connectivity index (χ0n) is 11.3. The first-order valence-electron chi connectivity index (χ1n) is 5.69. The van der Waals surface area contributed by atoms with Crippen molar-refractivity contribution in [1.29, 1.82) is 0 Å². The van der Waals surface area contributed by atoms with Crippen LogP contribution in [0.5, 0.6) is 0 Å². The number of aryl methyl sites for hydroxylation is 2. The second-order valence-electron chi connectivity index (χ2n) is 3.81. The molecule has 0 aromatic heterocycles. The fraction of sp³-hybridized carbons (Fsp3) is 0.143. The fourth-order valence-corrected chi connectivity index (χ4v) is 1.07. The summed E-state index contributed by atoms with van der Waals surface area (Å²) in [5, 5.41) is 0. The predicted molar refractivity (Wildman–Crippen MR) is 90.5 cm³/mol. The van der Waals surface area contributed by atoms with Gasteiger partial charge < -0.3 is 0 Å². The molecule has 0 spiro atoms. The second-order valence-corrected chi connectivity index (χ2v) is 7.87. The average Bonchev–Trinajstić information content (AvgIpc) is 2.41. The van der Waals surface area contributed by atoms with Crippen molar-refractivity contribution in [3.63, 3.8) is 0 Å². The van der Waals surface area contributed by atoms with Gasteiger partial charge in [-0.3, -0.25) is 4.55 Å². The van der Waals surface area contributed by atoms with E-state index in [0.717, 1.165) is 0 Å². The molecule has 0 saturated heterocycles. The molecule has 2 aromatic rings. The van der Waals surface area contributed by atoms with Crippen LogP contribution in [0.15, 0.2) is 60.7 Å². The van der Waals surface area contributed by atoms with Gasteiger partial charge in [0.15, 0.2) is 0 Å². The Hall–Kier alpha value is -0.950. The zero-order chi connectivity index (χ0) is 15.4. The maximum atomic E-state index is 9.44. The molecule has 0 saturated carbocycles. The lowest BCUT2D eigenvalue weighted by Crippen LogP contribution is -1.82. The molecule has 1 N–H and O–H groups in total. The van der Waals surface area contributed by atoms with Crippen LogP contribution in [0.2, 0.25) is 0 Å². The minimum atomic E-state index is -3.88. The van der Waals surface area contributed by atoms with Crippen molar-refractivity contribution in [1.82, 2.24) is 0 Å². The summed E-state index contributed by atoms with van der Waals surface area (Å²) in [7, 11) is -3.78. The van der Waals surface area contributed by atoms with Gasteiger partial charge in [-0.25, -0.2) is 0 Å². The van der Waals surface area contributed by atoms with Gasteiger partial charge in [0.05, 0.1) is 9.83 Å². The molecule has 110 valence electrons. The lowest BCUT2D eigenvalue weighted by Gasteiger charge is -1.82. The molecule has 20 heavy (non-hydrogen) atoms. The van der Waals surface area contributed by atoms with Crippen LogP contribution in [-0.2, 0) is 9.15 Å². The van der Waals surface area contributed by atoms with Crippen LogP contribution in [0.3, 0.4) is 0 Å². The van der Waals surface area contributed by atoms with Crippen molar-refractivity contribution in [3.8, 4) is 0 Å². The van der Waals surface area contributed by atoms with E-state index < -0.39 is 9.15 Å². The number of hydrogen-bond donors (Lipinski definition) is 2. The van der Waals surface area contributed by atoms with E-state index in [9.17, 15) is 8.42 Å². The van der Waals surface area contributed by atoms with E-state index in [1.807, 2.05) is 36.4 Å². The van der Waals surface area contributed by atoms with Gasteiger partial charge in [-0.05, 0) is 13.8 Å². The van der Waals surface area contributed by atoms with Gasteiger partial charge in [0.2, 0.25) is 0 Å². The van der Waals surface area contributed by atoms with Gasteiger partial charge in [-0.1, -0.05) is 83.5 Å². The minimum absolute atomic E-state index is 0.104. The van der Waals surface area contributed by atoms with Crippen molar-refractivity contribution in [2.75, 3.05) is 0 Å². The standard InChI is InChI=1S/2C7H8.H2O3S3/c2*1-7-5-3-2-4-6-7;1-6(2,3)5-4/h2*2-6H,1H3;4H,(H,1,2,3). The highest BCUT2D eigenvalue weighted by molar-refractivity contribution is 9.01. The fourth-order valence-electron chi connectivity index (χ4n) is 1.07. The van der Waals surface area contributed by atoms with Crippen molar-refractivity contribution in [2.45, 2.75) is 13.8 Å². The highest BCUT2D eigenvalue weighted by atomic mass is 33.5.